The summed E-state index contributed by atoms with van der Waals surface area (Å²) in [6, 6.07) is 10.1. The molecule has 0 bridgehead atoms. The van der Waals surface area contributed by atoms with Crippen LogP contribution in [-0.2, 0) is 11.2 Å². The molecule has 1 aromatic heterocycles. The van der Waals surface area contributed by atoms with Gasteiger partial charge in [0.15, 0.2) is 0 Å². The van der Waals surface area contributed by atoms with Crippen molar-refractivity contribution < 1.29 is 9.90 Å². The lowest BCUT2D eigenvalue weighted by atomic mass is 9.99. The van der Waals surface area contributed by atoms with Crippen molar-refractivity contribution in [1.29, 1.82) is 0 Å². The molecule has 112 valence electrons. The fraction of sp³-hybridized carbons (Fsp3) is 0.400. The minimum Gasteiger partial charge on any atom is -0.481 e. The Balaban J connectivity index is 1.95. The second-order valence-corrected chi connectivity index (χ2v) is 6.63. The van der Waals surface area contributed by atoms with Crippen LogP contribution in [-0.4, -0.2) is 26.8 Å². The molecular formula is C15H19N3O2S. The van der Waals surface area contributed by atoms with Crippen molar-refractivity contribution in [1.82, 2.24) is 10.2 Å². The average molecular weight is 305 g/mol. The Kier molecular flexibility index (Phi) is 4.90. The molecule has 21 heavy (non-hydrogen) atoms. The second kappa shape index (κ2) is 6.67. The maximum absolute atomic E-state index is 10.7. The van der Waals surface area contributed by atoms with Gasteiger partial charge in [0.05, 0.1) is 0 Å². The predicted octanol–water partition coefficient (Wildman–Crippen LogP) is 3.18. The summed E-state index contributed by atoms with van der Waals surface area (Å²) in [5.41, 5.74) is 0.882. The van der Waals surface area contributed by atoms with Crippen molar-refractivity contribution in [3.63, 3.8) is 0 Å². The van der Waals surface area contributed by atoms with Gasteiger partial charge in [-0.05, 0) is 25.8 Å². The van der Waals surface area contributed by atoms with Gasteiger partial charge < -0.3 is 10.4 Å². The number of benzene rings is 1. The number of hydrogen-bond donors (Lipinski definition) is 2. The predicted molar refractivity (Wildman–Crippen MR) is 83.7 cm³/mol. The first-order valence-electron chi connectivity index (χ1n) is 6.81. The molecule has 0 spiro atoms. The van der Waals surface area contributed by atoms with Gasteiger partial charge in [-0.25, -0.2) is 0 Å². The largest absolute Gasteiger partial charge is 0.481 e. The van der Waals surface area contributed by atoms with Gasteiger partial charge in [0, 0.05) is 18.4 Å². The Hall–Kier alpha value is -1.95. The maximum Gasteiger partial charge on any atom is 0.303 e. The Bertz CT molecular complexity index is 596. The smallest absolute Gasteiger partial charge is 0.303 e. The van der Waals surface area contributed by atoms with Crippen LogP contribution in [0.4, 0.5) is 5.13 Å². The van der Waals surface area contributed by atoms with Crippen molar-refractivity contribution in [2.75, 3.05) is 5.32 Å². The number of carboxylic acid groups (broad SMARTS) is 1. The zero-order valence-electron chi connectivity index (χ0n) is 12.2. The van der Waals surface area contributed by atoms with Crippen LogP contribution >= 0.6 is 11.3 Å². The van der Waals surface area contributed by atoms with Gasteiger partial charge in [-0.15, -0.1) is 10.2 Å². The van der Waals surface area contributed by atoms with Crippen molar-refractivity contribution in [2.24, 2.45) is 0 Å². The Morgan fingerprint density at radius 3 is 2.67 bits per heavy atom. The number of nitrogens with one attached hydrogen (secondary N) is 1. The lowest BCUT2D eigenvalue weighted by Crippen LogP contribution is -2.31. The number of anilines is 1. The highest BCUT2D eigenvalue weighted by Gasteiger charge is 2.20. The minimum absolute atomic E-state index is 0.135. The lowest BCUT2D eigenvalue weighted by molar-refractivity contribution is -0.137. The summed E-state index contributed by atoms with van der Waals surface area (Å²) in [5.74, 6) is -0.785. The van der Waals surface area contributed by atoms with Crippen LogP contribution in [0.5, 0.6) is 0 Å². The van der Waals surface area contributed by atoms with Crippen molar-refractivity contribution >= 4 is 22.4 Å². The van der Waals surface area contributed by atoms with Crippen molar-refractivity contribution in [3.8, 4) is 0 Å². The van der Waals surface area contributed by atoms with Crippen LogP contribution in [0.2, 0.25) is 0 Å². The van der Waals surface area contributed by atoms with E-state index in [1.165, 1.54) is 16.9 Å². The summed E-state index contributed by atoms with van der Waals surface area (Å²) < 4.78 is 0. The van der Waals surface area contributed by atoms with Crippen molar-refractivity contribution in [3.05, 3.63) is 40.9 Å². The zero-order chi connectivity index (χ0) is 15.3. The Labute approximate surface area is 128 Å². The standard InChI is InChI=1S/C15H19N3O2S/c1-15(2,9-8-13(19)20)16-14-18-17-12(21-14)10-11-6-4-3-5-7-11/h3-7H,8-10H2,1-2H3,(H,16,18)(H,19,20). The molecule has 0 aliphatic heterocycles. The molecule has 2 aromatic rings. The van der Waals surface area contributed by atoms with E-state index in [-0.39, 0.29) is 12.0 Å². The molecule has 0 fully saturated rings. The molecule has 1 aromatic carbocycles. The summed E-state index contributed by atoms with van der Waals surface area (Å²) in [4.78, 5) is 10.7. The highest BCUT2D eigenvalue weighted by Crippen LogP contribution is 2.24. The maximum atomic E-state index is 10.7. The third-order valence-electron chi connectivity index (χ3n) is 3.07. The van der Waals surface area contributed by atoms with Crippen LogP contribution in [0.3, 0.4) is 0 Å². The quantitative estimate of drug-likeness (QED) is 0.821. The van der Waals surface area contributed by atoms with E-state index in [0.717, 1.165) is 16.6 Å². The zero-order valence-corrected chi connectivity index (χ0v) is 13.0. The highest BCUT2D eigenvalue weighted by molar-refractivity contribution is 7.15. The molecule has 5 nitrogen and oxygen atoms in total. The van der Waals surface area contributed by atoms with Crippen LogP contribution in [0.25, 0.3) is 0 Å². The summed E-state index contributed by atoms with van der Waals surface area (Å²) >= 11 is 1.51. The van der Waals surface area contributed by atoms with E-state index in [4.69, 9.17) is 5.11 Å². The topological polar surface area (TPSA) is 75.1 Å². The number of rotatable bonds is 7. The minimum atomic E-state index is -0.785. The lowest BCUT2D eigenvalue weighted by Gasteiger charge is -2.24. The first kappa shape index (κ1) is 15.4. The van der Waals surface area contributed by atoms with Crippen LogP contribution < -0.4 is 5.32 Å². The molecule has 0 aliphatic rings. The first-order valence-corrected chi connectivity index (χ1v) is 7.62. The second-order valence-electron chi connectivity index (χ2n) is 5.57. The third kappa shape index (κ3) is 5.15. The third-order valence-corrected chi connectivity index (χ3v) is 3.91. The fourth-order valence-corrected chi connectivity index (χ4v) is 2.87. The number of nitrogens with zero attached hydrogens (tertiary/aromatic N) is 2. The summed E-state index contributed by atoms with van der Waals surface area (Å²) in [6.45, 7) is 3.93. The van der Waals surface area contributed by atoms with E-state index in [2.05, 4.69) is 27.6 Å². The molecule has 0 saturated heterocycles. The highest BCUT2D eigenvalue weighted by atomic mass is 32.1. The van der Waals surface area contributed by atoms with Gasteiger partial charge >= 0.3 is 5.97 Å². The van der Waals surface area contributed by atoms with E-state index in [0.29, 0.717) is 6.42 Å². The van der Waals surface area contributed by atoms with E-state index in [1.807, 2.05) is 32.0 Å². The molecule has 1 heterocycles. The normalized spacial score (nSPS) is 11.3. The van der Waals surface area contributed by atoms with Crippen LogP contribution in [0, 0.1) is 0 Å². The summed E-state index contributed by atoms with van der Waals surface area (Å²) in [6.07, 6.45) is 1.43. The van der Waals surface area contributed by atoms with Gasteiger partial charge in [0.1, 0.15) is 5.01 Å². The SMILES string of the molecule is CC(C)(CCC(=O)O)Nc1nnc(Cc2ccccc2)s1. The first-order chi connectivity index (χ1) is 9.94. The molecule has 0 atom stereocenters. The molecule has 6 heteroatoms. The van der Waals surface area contributed by atoms with Crippen molar-refractivity contribution in [2.45, 2.75) is 38.6 Å². The number of hydrogen-bond acceptors (Lipinski definition) is 5. The molecule has 0 amide bonds. The molecule has 0 saturated carbocycles. The van der Waals surface area contributed by atoms with E-state index in [9.17, 15) is 4.79 Å². The number of aromatic nitrogens is 2. The van der Waals surface area contributed by atoms with Gasteiger partial charge in [0.2, 0.25) is 5.13 Å². The van der Waals surface area contributed by atoms with Gasteiger partial charge in [-0.2, -0.15) is 0 Å². The molecular weight excluding hydrogens is 286 g/mol. The molecule has 0 unspecified atom stereocenters. The fourth-order valence-electron chi connectivity index (χ4n) is 1.92. The molecule has 0 aliphatic carbocycles. The van der Waals surface area contributed by atoms with Crippen LogP contribution in [0.1, 0.15) is 37.3 Å². The molecule has 0 radical (unpaired) electrons. The number of carboxylic acids is 1. The summed E-state index contributed by atoms with van der Waals surface area (Å²) in [7, 11) is 0. The average Bonchev–Trinajstić information content (AvgIpc) is 2.84. The molecule has 2 rings (SSSR count). The van der Waals surface area contributed by atoms with Gasteiger partial charge in [-0.1, -0.05) is 41.7 Å². The summed E-state index contributed by atoms with van der Waals surface area (Å²) in [5, 5.41) is 22.0. The Morgan fingerprint density at radius 1 is 1.29 bits per heavy atom. The van der Waals surface area contributed by atoms with E-state index in [1.54, 1.807) is 0 Å². The number of aliphatic carboxylic acids is 1. The number of carbonyl (C=O) groups is 1. The molecule has 2 N–H and O–H groups in total. The van der Waals surface area contributed by atoms with Crippen LogP contribution in [0.15, 0.2) is 30.3 Å². The van der Waals surface area contributed by atoms with Gasteiger partial charge in [-0.3, -0.25) is 4.79 Å². The monoisotopic (exact) mass is 305 g/mol. The van der Waals surface area contributed by atoms with E-state index < -0.39 is 5.97 Å². The Morgan fingerprint density at radius 2 is 2.00 bits per heavy atom. The van der Waals surface area contributed by atoms with E-state index >= 15 is 0 Å². The van der Waals surface area contributed by atoms with Gasteiger partial charge in [0.25, 0.3) is 0 Å².